The van der Waals surface area contributed by atoms with Gasteiger partial charge in [0.2, 0.25) is 5.88 Å². The van der Waals surface area contributed by atoms with Gasteiger partial charge in [-0.1, -0.05) is 44.4 Å². The van der Waals surface area contributed by atoms with Gasteiger partial charge in [0.05, 0.1) is 10.9 Å². The van der Waals surface area contributed by atoms with E-state index in [1.54, 1.807) is 10.6 Å². The molecule has 0 aliphatic carbocycles. The number of nitrogens with zero attached hydrogens (tertiary/aromatic N) is 2. The molecule has 1 aliphatic rings. The second-order valence-corrected chi connectivity index (χ2v) is 7.19. The molecule has 1 amide bonds. The van der Waals surface area contributed by atoms with Crippen LogP contribution in [0.1, 0.15) is 37.5 Å². The third-order valence-corrected chi connectivity index (χ3v) is 5.40. The summed E-state index contributed by atoms with van der Waals surface area (Å²) in [5, 5.41) is 12.0. The van der Waals surface area contributed by atoms with E-state index in [2.05, 4.69) is 11.9 Å². The van der Waals surface area contributed by atoms with E-state index >= 15 is 0 Å². The molecule has 2 aromatic rings. The van der Waals surface area contributed by atoms with Gasteiger partial charge >= 0.3 is 0 Å². The van der Waals surface area contributed by atoms with Gasteiger partial charge in [-0.15, -0.1) is 11.3 Å². The smallest absolute Gasteiger partial charge is 0.279 e. The van der Waals surface area contributed by atoms with E-state index < -0.39 is 0 Å². The molecule has 0 saturated carbocycles. The van der Waals surface area contributed by atoms with Gasteiger partial charge in [-0.2, -0.15) is 0 Å². The Balaban J connectivity index is 2.02. The number of hydrogen-bond acceptors (Lipinski definition) is 4. The highest BCUT2D eigenvalue weighted by Crippen LogP contribution is 2.32. The van der Waals surface area contributed by atoms with Crippen molar-refractivity contribution >= 4 is 35.0 Å². The van der Waals surface area contributed by atoms with Crippen LogP contribution in [-0.2, 0) is 11.3 Å². The lowest BCUT2D eigenvalue weighted by Gasteiger charge is -2.05. The maximum atomic E-state index is 12.3. The first kappa shape index (κ1) is 16.1. The molecule has 0 saturated heterocycles. The van der Waals surface area contributed by atoms with E-state index in [1.807, 2.05) is 18.2 Å². The molecule has 0 fully saturated rings. The molecule has 3 rings (SSSR count). The molecule has 0 radical (unpaired) electrons. The summed E-state index contributed by atoms with van der Waals surface area (Å²) in [6, 6.07) is 7.37. The molecule has 2 heterocycles. The number of thiazole rings is 1. The van der Waals surface area contributed by atoms with E-state index in [0.717, 1.165) is 24.5 Å². The van der Waals surface area contributed by atoms with Gasteiger partial charge in [0, 0.05) is 11.8 Å². The fourth-order valence-electron chi connectivity index (χ4n) is 2.74. The highest BCUT2D eigenvalue weighted by atomic mass is 32.1. The molecule has 0 atom stereocenters. The average molecular weight is 346 g/mol. The first-order valence-corrected chi connectivity index (χ1v) is 9.01. The summed E-state index contributed by atoms with van der Waals surface area (Å²) in [6.07, 6.45) is 4.41. The summed E-state index contributed by atoms with van der Waals surface area (Å²) in [6.45, 7) is 2.84. The number of fused-ring (bicyclic) bond motifs is 1. The Morgan fingerprint density at radius 3 is 2.83 bits per heavy atom. The average Bonchev–Trinajstić information content (AvgIpc) is 3.00. The summed E-state index contributed by atoms with van der Waals surface area (Å²) in [5.41, 5.74) is 0.460. The normalized spacial score (nSPS) is 13.3. The van der Waals surface area contributed by atoms with Crippen molar-refractivity contribution in [2.75, 3.05) is 0 Å². The number of benzene rings is 1. The third-order valence-electron chi connectivity index (χ3n) is 3.94. The third kappa shape index (κ3) is 3.01. The molecule has 6 heteroatoms. The molecule has 1 aromatic carbocycles. The zero-order valence-electron chi connectivity index (χ0n) is 12.9. The lowest BCUT2D eigenvalue weighted by molar-refractivity contribution is -0.112. The standard InChI is InChI=1S/C17H18N2O2S2/c1-2-3-4-7-10-19-16(21)14(23-17(19)22)13-11-8-5-6-9-12(11)18-15(13)20/h5-6,8-9,21H,2-4,7,10H2,1H3. The number of amides is 1. The molecular formula is C17H18N2O2S2. The Bertz CT molecular complexity index is 925. The second kappa shape index (κ2) is 6.76. The zero-order valence-corrected chi connectivity index (χ0v) is 14.5. The highest BCUT2D eigenvalue weighted by molar-refractivity contribution is 7.73. The molecule has 1 N–H and O–H groups in total. The number of unbranched alkanes of at least 4 members (excludes halogenated alkanes) is 3. The Hall–Kier alpha value is -1.79. The van der Waals surface area contributed by atoms with Gasteiger partial charge in [-0.25, -0.2) is 4.99 Å². The first-order valence-electron chi connectivity index (χ1n) is 7.79. The fraction of sp³-hybridized carbons (Fsp3) is 0.353. The molecule has 23 heavy (non-hydrogen) atoms. The Morgan fingerprint density at radius 2 is 2.04 bits per heavy atom. The summed E-state index contributed by atoms with van der Waals surface area (Å²) in [4.78, 5) is 16.8. The van der Waals surface area contributed by atoms with Crippen molar-refractivity contribution < 1.29 is 9.90 Å². The highest BCUT2D eigenvalue weighted by Gasteiger charge is 2.24. The van der Waals surface area contributed by atoms with E-state index in [1.165, 1.54) is 17.8 Å². The Labute approximate surface area is 143 Å². The largest absolute Gasteiger partial charge is 0.493 e. The van der Waals surface area contributed by atoms with E-state index in [0.29, 0.717) is 26.3 Å². The summed E-state index contributed by atoms with van der Waals surface area (Å²) in [7, 11) is 0. The van der Waals surface area contributed by atoms with Crippen molar-refractivity contribution in [1.29, 1.82) is 0 Å². The van der Waals surface area contributed by atoms with Crippen molar-refractivity contribution in [3.05, 3.63) is 43.7 Å². The van der Waals surface area contributed by atoms with E-state index in [9.17, 15) is 9.90 Å². The van der Waals surface area contributed by atoms with Crippen LogP contribution in [-0.4, -0.2) is 15.6 Å². The maximum absolute atomic E-state index is 12.3. The predicted octanol–water partition coefficient (Wildman–Crippen LogP) is 2.92. The predicted molar refractivity (Wildman–Crippen MR) is 93.7 cm³/mol. The van der Waals surface area contributed by atoms with Crippen LogP contribution in [0.25, 0.3) is 5.57 Å². The number of hydrogen-bond donors (Lipinski definition) is 1. The van der Waals surface area contributed by atoms with Crippen LogP contribution < -0.4 is 10.6 Å². The van der Waals surface area contributed by atoms with Gasteiger partial charge in [0.15, 0.2) is 3.95 Å². The van der Waals surface area contributed by atoms with Crippen molar-refractivity contribution in [1.82, 2.24) is 4.57 Å². The second-order valence-electron chi connectivity index (χ2n) is 5.54. The van der Waals surface area contributed by atoms with Crippen LogP contribution in [0.5, 0.6) is 5.88 Å². The van der Waals surface area contributed by atoms with Gasteiger partial charge < -0.3 is 5.11 Å². The maximum Gasteiger partial charge on any atom is 0.279 e. The van der Waals surface area contributed by atoms with Crippen molar-refractivity contribution in [2.24, 2.45) is 4.99 Å². The number of aromatic hydroxyl groups is 1. The van der Waals surface area contributed by atoms with Crippen LogP contribution in [0, 0.1) is 3.95 Å². The fourth-order valence-corrected chi connectivity index (χ4v) is 4.13. The molecule has 120 valence electrons. The Morgan fingerprint density at radius 1 is 1.26 bits per heavy atom. The number of carbonyl (C=O) groups excluding carboxylic acids is 1. The minimum Gasteiger partial charge on any atom is -0.493 e. The lowest BCUT2D eigenvalue weighted by atomic mass is 10.1. The molecule has 1 aromatic heterocycles. The zero-order chi connectivity index (χ0) is 16.4. The summed E-state index contributed by atoms with van der Waals surface area (Å²) < 4.78 is 2.32. The van der Waals surface area contributed by atoms with Crippen molar-refractivity contribution in [2.45, 2.75) is 39.2 Å². The van der Waals surface area contributed by atoms with Crippen LogP contribution in [0.3, 0.4) is 0 Å². The number of carbonyl (C=O) groups is 1. The molecular weight excluding hydrogens is 328 g/mol. The van der Waals surface area contributed by atoms with Gasteiger partial charge in [-0.05, 0) is 24.7 Å². The first-order chi connectivity index (χ1) is 11.1. The minimum absolute atomic E-state index is 0.0896. The quantitative estimate of drug-likeness (QED) is 0.646. The summed E-state index contributed by atoms with van der Waals surface area (Å²) >= 11 is 6.66. The van der Waals surface area contributed by atoms with Crippen LogP contribution >= 0.6 is 23.6 Å². The molecule has 4 nitrogen and oxygen atoms in total. The van der Waals surface area contributed by atoms with Crippen LogP contribution in [0.15, 0.2) is 29.3 Å². The summed E-state index contributed by atoms with van der Waals surface area (Å²) in [5.74, 6) is -0.220. The van der Waals surface area contributed by atoms with E-state index in [4.69, 9.17) is 12.2 Å². The van der Waals surface area contributed by atoms with E-state index in [-0.39, 0.29) is 11.8 Å². The molecule has 0 bridgehead atoms. The van der Waals surface area contributed by atoms with Gasteiger partial charge in [0.1, 0.15) is 4.88 Å². The minimum atomic E-state index is -0.309. The number of para-hydroxylation sites is 1. The van der Waals surface area contributed by atoms with Crippen LogP contribution in [0.4, 0.5) is 0 Å². The Kier molecular flexibility index (Phi) is 4.73. The number of rotatable bonds is 6. The lowest BCUT2D eigenvalue weighted by Crippen LogP contribution is -2.22. The number of aromatic nitrogens is 1. The van der Waals surface area contributed by atoms with Crippen LogP contribution in [0.2, 0.25) is 0 Å². The van der Waals surface area contributed by atoms with Crippen molar-refractivity contribution in [3.63, 3.8) is 0 Å². The SMILES string of the molecule is CCCCCCn1c(O)c(C2=c3ccccc3=NC2=O)sc1=S. The van der Waals surface area contributed by atoms with Crippen molar-refractivity contribution in [3.8, 4) is 5.88 Å². The molecule has 0 unspecified atom stereocenters. The molecule has 0 spiro atoms. The molecule has 1 aliphatic heterocycles. The van der Waals surface area contributed by atoms with Gasteiger partial charge in [-0.3, -0.25) is 9.36 Å². The van der Waals surface area contributed by atoms with Gasteiger partial charge in [0.25, 0.3) is 5.91 Å². The topological polar surface area (TPSA) is 54.6 Å². The monoisotopic (exact) mass is 346 g/mol.